The minimum Gasteiger partial charge on any atom is -0.493 e. The molecule has 0 radical (unpaired) electrons. The molecule has 1 aromatic rings. The van der Waals surface area contributed by atoms with Crippen molar-refractivity contribution >= 4 is 17.6 Å². The zero-order valence-electron chi connectivity index (χ0n) is 23.4. The molecule has 0 bridgehead atoms. The molecule has 1 aliphatic heterocycles. The smallest absolute Gasteiger partial charge is 0.410 e. The number of ether oxygens (including phenoxy) is 2. The Morgan fingerprint density at radius 1 is 1.19 bits per heavy atom. The number of carbonyl (C=O) groups excluding carboxylic acids is 2. The van der Waals surface area contributed by atoms with Crippen LogP contribution in [0.1, 0.15) is 79.2 Å². The number of allylic oxidation sites excluding steroid dienone is 2. The van der Waals surface area contributed by atoms with Crippen molar-refractivity contribution in [1.29, 1.82) is 0 Å². The van der Waals surface area contributed by atoms with E-state index in [0.29, 0.717) is 50.4 Å². The van der Waals surface area contributed by atoms with E-state index in [1.165, 1.54) is 6.07 Å². The van der Waals surface area contributed by atoms with Gasteiger partial charge in [0.15, 0.2) is 0 Å². The number of nitrogens with zero attached hydrogens (tertiary/aromatic N) is 1. The standard InChI is InChI=1S/C28H39FN2O4.C2H6/c1-5-15-30-26(32)22-10-8-21(9-11-22)24-13-12-23(18-25(24)29)34-19-20-7-6-16-31(17-14-20)27(33)35-28(2,3)4;1-2/h6-8,12-13,18,20,22H,5,9-11,14-17,19H2,1-4H3,(H,30,32);1-2H3. The summed E-state index contributed by atoms with van der Waals surface area (Å²) >= 11 is 0. The first-order valence-electron chi connectivity index (χ1n) is 13.7. The van der Waals surface area contributed by atoms with E-state index in [4.69, 9.17) is 9.47 Å². The van der Waals surface area contributed by atoms with E-state index >= 15 is 0 Å². The van der Waals surface area contributed by atoms with Crippen molar-refractivity contribution in [2.75, 3.05) is 26.2 Å². The third-order valence-corrected chi connectivity index (χ3v) is 6.24. The number of rotatable bonds is 7. The number of hydrogen-bond donors (Lipinski definition) is 1. The second kappa shape index (κ2) is 14.8. The molecule has 2 aliphatic rings. The van der Waals surface area contributed by atoms with Gasteiger partial charge in [-0.15, -0.1) is 0 Å². The fraction of sp³-hybridized carbons (Fsp3) is 0.600. The van der Waals surface area contributed by atoms with Gasteiger partial charge in [0.25, 0.3) is 0 Å². The van der Waals surface area contributed by atoms with Crippen LogP contribution in [0.2, 0.25) is 0 Å². The molecule has 0 spiro atoms. The SMILES string of the molecule is CC.CCCNC(=O)C1CC=C(c2ccc(OCC3C=CCN(C(=O)OC(C)(C)C)CC3)cc2F)CC1. The van der Waals surface area contributed by atoms with E-state index in [1.54, 1.807) is 17.0 Å². The first kappa shape index (κ1) is 30.4. The van der Waals surface area contributed by atoms with Gasteiger partial charge >= 0.3 is 6.09 Å². The molecule has 0 aromatic heterocycles. The van der Waals surface area contributed by atoms with Gasteiger partial charge in [-0.3, -0.25) is 4.79 Å². The summed E-state index contributed by atoms with van der Waals surface area (Å²) in [4.78, 5) is 26.2. The zero-order chi connectivity index (χ0) is 27.4. The van der Waals surface area contributed by atoms with E-state index < -0.39 is 5.60 Å². The first-order chi connectivity index (χ1) is 17.7. The normalized spacial score (nSPS) is 19.6. The van der Waals surface area contributed by atoms with Crippen LogP contribution >= 0.6 is 0 Å². The highest BCUT2D eigenvalue weighted by molar-refractivity contribution is 5.80. The number of nitrogens with one attached hydrogen (secondary N) is 1. The Hall–Kier alpha value is -2.83. The Morgan fingerprint density at radius 3 is 2.57 bits per heavy atom. The summed E-state index contributed by atoms with van der Waals surface area (Å²) in [5.74, 6) is 0.362. The predicted octanol–water partition coefficient (Wildman–Crippen LogP) is 6.75. The summed E-state index contributed by atoms with van der Waals surface area (Å²) < 4.78 is 26.2. The van der Waals surface area contributed by atoms with Crippen LogP contribution in [0.25, 0.3) is 5.57 Å². The molecule has 3 rings (SSSR count). The lowest BCUT2D eigenvalue weighted by Gasteiger charge is -2.26. The highest BCUT2D eigenvalue weighted by Crippen LogP contribution is 2.33. The number of hydrogen-bond acceptors (Lipinski definition) is 4. The molecule has 1 aliphatic carbocycles. The van der Waals surface area contributed by atoms with Gasteiger partial charge in [-0.05, 0) is 70.6 Å². The summed E-state index contributed by atoms with van der Waals surface area (Å²) in [6.45, 7) is 13.8. The Morgan fingerprint density at radius 2 is 1.95 bits per heavy atom. The van der Waals surface area contributed by atoms with Gasteiger partial charge < -0.3 is 19.7 Å². The summed E-state index contributed by atoms with van der Waals surface area (Å²) in [5.41, 5.74) is 1.000. The lowest BCUT2D eigenvalue weighted by molar-refractivity contribution is -0.125. The fourth-order valence-electron chi connectivity index (χ4n) is 4.28. The van der Waals surface area contributed by atoms with E-state index in [0.717, 1.165) is 24.8 Å². The van der Waals surface area contributed by atoms with Crippen molar-refractivity contribution in [2.24, 2.45) is 11.8 Å². The van der Waals surface area contributed by atoms with Gasteiger partial charge in [-0.2, -0.15) is 0 Å². The van der Waals surface area contributed by atoms with Crippen LogP contribution in [0.3, 0.4) is 0 Å². The van der Waals surface area contributed by atoms with Gasteiger partial charge in [0, 0.05) is 43.1 Å². The second-order valence-electron chi connectivity index (χ2n) is 10.3. The first-order valence-corrected chi connectivity index (χ1v) is 13.7. The lowest BCUT2D eigenvalue weighted by atomic mass is 9.86. The van der Waals surface area contributed by atoms with Crippen molar-refractivity contribution in [3.05, 3.63) is 47.8 Å². The molecule has 2 atom stereocenters. The average Bonchev–Trinajstić information content (AvgIpc) is 3.12. The van der Waals surface area contributed by atoms with Crippen molar-refractivity contribution in [1.82, 2.24) is 10.2 Å². The molecule has 2 unspecified atom stereocenters. The third-order valence-electron chi connectivity index (χ3n) is 6.24. The number of amides is 2. The molecule has 2 amide bonds. The largest absolute Gasteiger partial charge is 0.493 e. The Balaban J connectivity index is 0.00000235. The van der Waals surface area contributed by atoms with Crippen LogP contribution in [0.5, 0.6) is 5.75 Å². The van der Waals surface area contributed by atoms with Gasteiger partial charge in [0.2, 0.25) is 5.91 Å². The Kier molecular flexibility index (Phi) is 12.2. The van der Waals surface area contributed by atoms with Gasteiger partial charge in [0.1, 0.15) is 17.2 Å². The van der Waals surface area contributed by atoms with E-state index in [1.807, 2.05) is 53.7 Å². The topological polar surface area (TPSA) is 67.9 Å². The number of benzene rings is 1. The molecule has 37 heavy (non-hydrogen) atoms. The predicted molar refractivity (Wildman–Crippen MR) is 147 cm³/mol. The third kappa shape index (κ3) is 9.86. The highest BCUT2D eigenvalue weighted by atomic mass is 19.1. The summed E-state index contributed by atoms with van der Waals surface area (Å²) in [7, 11) is 0. The van der Waals surface area contributed by atoms with Gasteiger partial charge in [-0.25, -0.2) is 9.18 Å². The number of carbonyl (C=O) groups is 2. The van der Waals surface area contributed by atoms with Crippen molar-refractivity contribution in [3.63, 3.8) is 0 Å². The maximum absolute atomic E-state index is 14.9. The Labute approximate surface area is 222 Å². The molecular weight excluding hydrogens is 471 g/mol. The quantitative estimate of drug-likeness (QED) is 0.407. The van der Waals surface area contributed by atoms with Crippen LogP contribution in [-0.2, 0) is 9.53 Å². The minimum atomic E-state index is -0.523. The van der Waals surface area contributed by atoms with Crippen LogP contribution < -0.4 is 10.1 Å². The lowest BCUT2D eigenvalue weighted by Crippen LogP contribution is -2.37. The monoisotopic (exact) mass is 516 g/mol. The molecule has 1 aromatic carbocycles. The molecule has 0 fully saturated rings. The summed E-state index contributed by atoms with van der Waals surface area (Å²) in [6.07, 6.45) is 9.40. The second-order valence-corrected chi connectivity index (χ2v) is 10.3. The molecule has 6 nitrogen and oxygen atoms in total. The highest BCUT2D eigenvalue weighted by Gasteiger charge is 2.25. The van der Waals surface area contributed by atoms with Gasteiger partial charge in [-0.1, -0.05) is 39.0 Å². The van der Waals surface area contributed by atoms with E-state index in [2.05, 4.69) is 11.4 Å². The van der Waals surface area contributed by atoms with Crippen molar-refractivity contribution < 1.29 is 23.5 Å². The summed E-state index contributed by atoms with van der Waals surface area (Å²) in [5, 5.41) is 2.95. The van der Waals surface area contributed by atoms with Crippen LogP contribution in [0, 0.1) is 17.7 Å². The summed E-state index contributed by atoms with van der Waals surface area (Å²) in [6, 6.07) is 5.00. The van der Waals surface area contributed by atoms with Crippen LogP contribution in [0.4, 0.5) is 9.18 Å². The Bertz CT molecular complexity index is 951. The molecular formula is C30H45FN2O4. The maximum Gasteiger partial charge on any atom is 0.410 e. The van der Waals surface area contributed by atoms with Crippen molar-refractivity contribution in [2.45, 2.75) is 79.2 Å². The molecule has 0 saturated heterocycles. The molecule has 206 valence electrons. The zero-order valence-corrected chi connectivity index (χ0v) is 23.4. The number of halogens is 1. The van der Waals surface area contributed by atoms with E-state index in [-0.39, 0.29) is 29.7 Å². The molecule has 1 N–H and O–H groups in total. The fourth-order valence-corrected chi connectivity index (χ4v) is 4.28. The molecule has 0 saturated carbocycles. The van der Waals surface area contributed by atoms with Crippen molar-refractivity contribution in [3.8, 4) is 5.75 Å². The maximum atomic E-state index is 14.9. The molecule has 7 heteroatoms. The van der Waals surface area contributed by atoms with Crippen LogP contribution in [-0.4, -0.2) is 48.7 Å². The van der Waals surface area contributed by atoms with Gasteiger partial charge in [0.05, 0.1) is 6.61 Å². The van der Waals surface area contributed by atoms with E-state index in [9.17, 15) is 14.0 Å². The van der Waals surface area contributed by atoms with Crippen LogP contribution in [0.15, 0.2) is 36.4 Å². The minimum absolute atomic E-state index is 0.0326. The average molecular weight is 517 g/mol. The molecule has 1 heterocycles.